The summed E-state index contributed by atoms with van der Waals surface area (Å²) in [6.07, 6.45) is 2.36. The van der Waals surface area contributed by atoms with Crippen LogP contribution < -0.4 is 10.6 Å². The van der Waals surface area contributed by atoms with E-state index < -0.39 is 35.6 Å². The van der Waals surface area contributed by atoms with E-state index in [9.17, 15) is 19.5 Å². The maximum atomic E-state index is 14.0. The molecule has 0 bridgehead atoms. The average molecular weight is 558 g/mol. The molecule has 2 atom stereocenters. The van der Waals surface area contributed by atoms with Gasteiger partial charge in [0.25, 0.3) is 5.91 Å². The van der Waals surface area contributed by atoms with E-state index in [0.29, 0.717) is 23.4 Å². The number of alkyl carbamates (subject to hydrolysis) is 1. The fraction of sp³-hybridized carbons (Fsp3) is 0.500. The predicted octanol–water partition coefficient (Wildman–Crippen LogP) is 5.01. The molecule has 3 amide bonds. The maximum Gasteiger partial charge on any atom is 0.408 e. The number of aryl methyl sites for hydroxylation is 3. The van der Waals surface area contributed by atoms with Gasteiger partial charge >= 0.3 is 6.09 Å². The number of aliphatic hydroxyl groups is 1. The van der Waals surface area contributed by atoms with Crippen LogP contribution in [0, 0.1) is 13.8 Å². The largest absolute Gasteiger partial charge is 0.444 e. The number of anilines is 1. The lowest BCUT2D eigenvalue weighted by Gasteiger charge is -2.34. The zero-order valence-corrected chi connectivity index (χ0v) is 25.0. The summed E-state index contributed by atoms with van der Waals surface area (Å²) in [7, 11) is 0. The van der Waals surface area contributed by atoms with Crippen molar-refractivity contribution in [3.63, 3.8) is 0 Å². The molecular weight excluding hydrogens is 514 g/mol. The van der Waals surface area contributed by atoms with Crippen LogP contribution in [0.5, 0.6) is 0 Å². The zero-order chi connectivity index (χ0) is 29.2. The summed E-state index contributed by atoms with van der Waals surface area (Å²) in [6.45, 7) is 10.7. The second kappa shape index (κ2) is 14.9. The molecule has 0 aliphatic rings. The quantitative estimate of drug-likeness (QED) is 0.339. The Morgan fingerprint density at radius 1 is 1.05 bits per heavy atom. The first-order valence-corrected chi connectivity index (χ1v) is 14.7. The van der Waals surface area contributed by atoms with Gasteiger partial charge in [0.1, 0.15) is 17.7 Å². The standard InChI is InChI=1S/C30H43N3O5S/c1-8-22-12-14-23(15-13-22)26(27(35)32-25-20(2)10-9-11-21(25)3)33(17-18-34)28(36)24(16-19-39-7)31-29(37)38-30(4,5)6/h9-15,24,26,34H,8,16-19H2,1-7H3,(H,31,37)(H,32,35). The average Bonchev–Trinajstić information content (AvgIpc) is 2.87. The summed E-state index contributed by atoms with van der Waals surface area (Å²) in [5, 5.41) is 15.7. The van der Waals surface area contributed by atoms with Gasteiger partial charge in [-0.2, -0.15) is 11.8 Å². The third kappa shape index (κ3) is 9.58. The second-order valence-electron chi connectivity index (χ2n) is 10.5. The van der Waals surface area contributed by atoms with Crippen molar-refractivity contribution >= 4 is 35.4 Å². The molecule has 0 saturated heterocycles. The Hall–Kier alpha value is -3.04. The highest BCUT2D eigenvalue weighted by molar-refractivity contribution is 7.98. The molecule has 2 aromatic rings. The molecule has 0 fully saturated rings. The van der Waals surface area contributed by atoms with Crippen LogP contribution in [-0.4, -0.2) is 64.7 Å². The summed E-state index contributed by atoms with van der Waals surface area (Å²) < 4.78 is 5.41. The smallest absolute Gasteiger partial charge is 0.408 e. The molecule has 0 heterocycles. The van der Waals surface area contributed by atoms with Crippen molar-refractivity contribution in [3.8, 4) is 0 Å². The molecule has 2 aromatic carbocycles. The van der Waals surface area contributed by atoms with Crippen molar-refractivity contribution in [1.82, 2.24) is 10.2 Å². The van der Waals surface area contributed by atoms with Crippen molar-refractivity contribution in [2.75, 3.05) is 30.5 Å². The number of hydrogen-bond acceptors (Lipinski definition) is 6. The molecule has 0 radical (unpaired) electrons. The van der Waals surface area contributed by atoms with Crippen molar-refractivity contribution < 1.29 is 24.2 Å². The van der Waals surface area contributed by atoms with Crippen molar-refractivity contribution in [1.29, 1.82) is 0 Å². The number of amides is 3. The maximum absolute atomic E-state index is 14.0. The molecule has 39 heavy (non-hydrogen) atoms. The van der Waals surface area contributed by atoms with Gasteiger partial charge in [-0.3, -0.25) is 9.59 Å². The van der Waals surface area contributed by atoms with Gasteiger partial charge in [0, 0.05) is 12.2 Å². The summed E-state index contributed by atoms with van der Waals surface area (Å²) in [6, 6.07) is 11.3. The highest BCUT2D eigenvalue weighted by atomic mass is 32.2. The Morgan fingerprint density at radius 3 is 2.18 bits per heavy atom. The Kier molecular flexibility index (Phi) is 12.3. The molecule has 0 aromatic heterocycles. The minimum Gasteiger partial charge on any atom is -0.444 e. The molecule has 214 valence electrons. The SMILES string of the molecule is CCc1ccc(C(C(=O)Nc2c(C)cccc2C)N(CCO)C(=O)C(CCSC)NC(=O)OC(C)(C)C)cc1. The normalized spacial score (nSPS) is 12.8. The molecule has 0 aliphatic carbocycles. The number of benzene rings is 2. The third-order valence-electron chi connectivity index (χ3n) is 6.22. The van der Waals surface area contributed by atoms with E-state index in [1.165, 1.54) is 4.90 Å². The first-order valence-electron chi connectivity index (χ1n) is 13.3. The van der Waals surface area contributed by atoms with Gasteiger partial charge in [-0.05, 0) is 81.7 Å². The highest BCUT2D eigenvalue weighted by Gasteiger charge is 2.36. The molecule has 2 unspecified atom stereocenters. The van der Waals surface area contributed by atoms with Gasteiger partial charge in [0.05, 0.1) is 6.61 Å². The number of rotatable bonds is 12. The fourth-order valence-corrected chi connectivity index (χ4v) is 4.70. The first-order chi connectivity index (χ1) is 18.4. The van der Waals surface area contributed by atoms with E-state index in [1.807, 2.05) is 69.5 Å². The minimum atomic E-state index is -1.04. The number of para-hydroxylation sites is 1. The first kappa shape index (κ1) is 32.2. The van der Waals surface area contributed by atoms with E-state index in [4.69, 9.17) is 4.74 Å². The van der Waals surface area contributed by atoms with E-state index in [-0.39, 0.29) is 13.2 Å². The van der Waals surface area contributed by atoms with E-state index in [0.717, 1.165) is 23.1 Å². The van der Waals surface area contributed by atoms with Crippen molar-refractivity contribution in [2.45, 2.75) is 72.1 Å². The number of carbonyl (C=O) groups excluding carboxylic acids is 3. The monoisotopic (exact) mass is 557 g/mol. The zero-order valence-electron chi connectivity index (χ0n) is 24.2. The molecule has 0 aliphatic heterocycles. The van der Waals surface area contributed by atoms with E-state index in [2.05, 4.69) is 10.6 Å². The minimum absolute atomic E-state index is 0.0923. The van der Waals surface area contributed by atoms with Gasteiger partial charge in [0.15, 0.2) is 0 Å². The Balaban J connectivity index is 2.53. The lowest BCUT2D eigenvalue weighted by molar-refractivity contribution is -0.141. The lowest BCUT2D eigenvalue weighted by atomic mass is 9.99. The van der Waals surface area contributed by atoms with Crippen molar-refractivity contribution in [2.24, 2.45) is 0 Å². The van der Waals surface area contributed by atoms with Gasteiger partial charge in [-0.25, -0.2) is 4.79 Å². The van der Waals surface area contributed by atoms with E-state index >= 15 is 0 Å². The number of ether oxygens (including phenoxy) is 1. The molecule has 9 heteroatoms. The van der Waals surface area contributed by atoms with Gasteiger partial charge in [0.2, 0.25) is 5.91 Å². The summed E-state index contributed by atoms with van der Waals surface area (Å²) in [4.78, 5) is 42.0. The van der Waals surface area contributed by atoms with Crippen LogP contribution in [0.25, 0.3) is 0 Å². The molecule has 8 nitrogen and oxygen atoms in total. The Bertz CT molecular complexity index is 1090. The van der Waals surface area contributed by atoms with Gasteiger partial charge < -0.3 is 25.4 Å². The van der Waals surface area contributed by atoms with Gasteiger partial charge in [-0.15, -0.1) is 0 Å². The summed E-state index contributed by atoms with van der Waals surface area (Å²) in [5.41, 5.74) is 3.44. The molecule has 3 N–H and O–H groups in total. The fourth-order valence-electron chi connectivity index (χ4n) is 4.23. The predicted molar refractivity (Wildman–Crippen MR) is 158 cm³/mol. The van der Waals surface area contributed by atoms with Crippen LogP contribution in [0.3, 0.4) is 0 Å². The topological polar surface area (TPSA) is 108 Å². The van der Waals surface area contributed by atoms with Crippen LogP contribution in [0.1, 0.15) is 62.4 Å². The Morgan fingerprint density at radius 2 is 1.67 bits per heavy atom. The van der Waals surface area contributed by atoms with E-state index in [1.54, 1.807) is 32.5 Å². The number of hydrogen-bond donors (Lipinski definition) is 3. The molecule has 0 spiro atoms. The molecule has 2 rings (SSSR count). The number of thioether (sulfide) groups is 1. The summed E-state index contributed by atoms with van der Waals surface area (Å²) in [5.74, 6) is -0.270. The van der Waals surface area contributed by atoms with Crippen LogP contribution >= 0.6 is 11.8 Å². The Labute approximate surface area is 236 Å². The molecular formula is C30H43N3O5S. The van der Waals surface area contributed by atoms with Crippen LogP contribution in [0.4, 0.5) is 10.5 Å². The number of nitrogens with one attached hydrogen (secondary N) is 2. The summed E-state index contributed by atoms with van der Waals surface area (Å²) >= 11 is 1.54. The van der Waals surface area contributed by atoms with Crippen LogP contribution in [0.15, 0.2) is 42.5 Å². The molecule has 0 saturated carbocycles. The second-order valence-corrected chi connectivity index (χ2v) is 11.5. The van der Waals surface area contributed by atoms with Crippen LogP contribution in [0.2, 0.25) is 0 Å². The number of aliphatic hydroxyl groups excluding tert-OH is 1. The number of carbonyl (C=O) groups is 3. The highest BCUT2D eigenvalue weighted by Crippen LogP contribution is 2.27. The van der Waals surface area contributed by atoms with Crippen LogP contribution in [-0.2, 0) is 20.7 Å². The van der Waals surface area contributed by atoms with Gasteiger partial charge in [-0.1, -0.05) is 49.4 Å². The van der Waals surface area contributed by atoms with Crippen molar-refractivity contribution in [3.05, 3.63) is 64.7 Å². The lowest BCUT2D eigenvalue weighted by Crippen LogP contribution is -2.53. The number of nitrogens with zero attached hydrogens (tertiary/aromatic N) is 1. The third-order valence-corrected chi connectivity index (χ3v) is 6.86.